The fourth-order valence-corrected chi connectivity index (χ4v) is 5.55. The van der Waals surface area contributed by atoms with E-state index in [4.69, 9.17) is 4.98 Å². The Morgan fingerprint density at radius 2 is 2.00 bits per heavy atom. The molecule has 28 heavy (non-hydrogen) atoms. The van der Waals surface area contributed by atoms with Crippen LogP contribution in [0, 0.1) is 12.8 Å². The van der Waals surface area contributed by atoms with Crippen molar-refractivity contribution in [2.75, 3.05) is 24.5 Å². The average molecular weight is 392 g/mol. The monoisotopic (exact) mass is 391 g/mol. The number of amides is 1. The van der Waals surface area contributed by atoms with Crippen LogP contribution in [0.25, 0.3) is 10.2 Å². The number of aryl methyl sites for hydroxylation is 1. The molecular formula is C23H25N3OS. The first-order valence-electron chi connectivity index (χ1n) is 10.1. The number of benzene rings is 2. The Bertz CT molecular complexity index is 1030. The van der Waals surface area contributed by atoms with Gasteiger partial charge in [-0.1, -0.05) is 41.7 Å². The summed E-state index contributed by atoms with van der Waals surface area (Å²) in [5, 5.41) is 1.06. The van der Waals surface area contributed by atoms with E-state index in [1.54, 1.807) is 11.3 Å². The molecule has 1 atom stereocenters. The zero-order valence-electron chi connectivity index (χ0n) is 16.2. The summed E-state index contributed by atoms with van der Waals surface area (Å²) in [5.41, 5.74) is 5.02. The molecule has 2 aromatic carbocycles. The van der Waals surface area contributed by atoms with Gasteiger partial charge in [-0.05, 0) is 55.0 Å². The number of fused-ring (bicyclic) bond motifs is 2. The van der Waals surface area contributed by atoms with Crippen LogP contribution in [0.5, 0.6) is 0 Å². The van der Waals surface area contributed by atoms with Gasteiger partial charge in [-0.3, -0.25) is 4.79 Å². The minimum atomic E-state index is 0.0766. The van der Waals surface area contributed by atoms with Gasteiger partial charge in [-0.15, -0.1) is 0 Å². The van der Waals surface area contributed by atoms with Gasteiger partial charge in [0.1, 0.15) is 0 Å². The van der Waals surface area contributed by atoms with Gasteiger partial charge >= 0.3 is 0 Å². The first-order valence-corrected chi connectivity index (χ1v) is 11.0. The summed E-state index contributed by atoms with van der Waals surface area (Å²) in [6.07, 6.45) is 3.00. The van der Waals surface area contributed by atoms with Gasteiger partial charge in [0.2, 0.25) is 5.91 Å². The molecule has 1 fully saturated rings. The molecule has 0 saturated carbocycles. The number of carbonyl (C=O) groups excluding carboxylic acids is 1. The van der Waals surface area contributed by atoms with Crippen molar-refractivity contribution in [3.05, 3.63) is 59.2 Å². The van der Waals surface area contributed by atoms with Crippen LogP contribution in [0.4, 0.5) is 5.13 Å². The van der Waals surface area contributed by atoms with Crippen molar-refractivity contribution >= 4 is 32.6 Å². The fraction of sp³-hybridized carbons (Fsp3) is 0.391. The molecule has 2 aliphatic rings. The highest BCUT2D eigenvalue weighted by Crippen LogP contribution is 2.33. The molecule has 2 aliphatic heterocycles. The van der Waals surface area contributed by atoms with Crippen LogP contribution in [-0.4, -0.2) is 35.4 Å². The number of rotatable bonds is 2. The summed E-state index contributed by atoms with van der Waals surface area (Å²) in [6.45, 7) is 5.49. The molecule has 0 bridgehead atoms. The second kappa shape index (κ2) is 7.21. The molecule has 1 saturated heterocycles. The van der Waals surface area contributed by atoms with Crippen molar-refractivity contribution < 1.29 is 4.79 Å². The van der Waals surface area contributed by atoms with E-state index < -0.39 is 0 Å². The second-order valence-corrected chi connectivity index (χ2v) is 9.04. The highest BCUT2D eigenvalue weighted by Gasteiger charge is 2.31. The van der Waals surface area contributed by atoms with Crippen molar-refractivity contribution in [2.24, 2.45) is 5.92 Å². The number of nitrogens with zero attached hydrogens (tertiary/aromatic N) is 3. The maximum atomic E-state index is 13.2. The number of hydrogen-bond donors (Lipinski definition) is 0. The summed E-state index contributed by atoms with van der Waals surface area (Å²) in [6, 6.07) is 14.9. The van der Waals surface area contributed by atoms with Crippen LogP contribution < -0.4 is 4.90 Å². The molecular weight excluding hydrogens is 366 g/mol. The summed E-state index contributed by atoms with van der Waals surface area (Å²) in [4.78, 5) is 22.5. The number of hydrogen-bond acceptors (Lipinski definition) is 4. The standard InChI is InChI=1S/C23H25N3OS/c1-16-8-9-20-21(13-16)28-23(24-20)26-11-4-7-19(15-26)22(27)25-12-10-17-5-2-3-6-18(17)14-25/h2-3,5-6,8-9,13,19H,4,7,10-12,14-15H2,1H3. The molecule has 5 heteroatoms. The third-order valence-corrected chi connectivity index (χ3v) is 7.10. The average Bonchev–Trinajstić information content (AvgIpc) is 3.16. The van der Waals surface area contributed by atoms with E-state index in [0.29, 0.717) is 5.91 Å². The first kappa shape index (κ1) is 17.7. The van der Waals surface area contributed by atoms with Gasteiger partial charge in [0, 0.05) is 26.2 Å². The molecule has 4 nitrogen and oxygen atoms in total. The fourth-order valence-electron chi connectivity index (χ4n) is 4.45. The molecule has 1 aromatic heterocycles. The highest BCUT2D eigenvalue weighted by molar-refractivity contribution is 7.22. The Kier molecular flexibility index (Phi) is 4.55. The lowest BCUT2D eigenvalue weighted by molar-refractivity contribution is -0.136. The van der Waals surface area contributed by atoms with Crippen LogP contribution >= 0.6 is 11.3 Å². The number of carbonyl (C=O) groups is 1. The number of anilines is 1. The Morgan fingerprint density at radius 1 is 1.14 bits per heavy atom. The van der Waals surface area contributed by atoms with E-state index in [0.717, 1.165) is 56.1 Å². The molecule has 0 N–H and O–H groups in total. The van der Waals surface area contributed by atoms with Gasteiger partial charge in [0.15, 0.2) is 5.13 Å². The topological polar surface area (TPSA) is 36.4 Å². The van der Waals surface area contributed by atoms with Crippen LogP contribution in [0.2, 0.25) is 0 Å². The predicted octanol–water partition coefficient (Wildman–Crippen LogP) is 4.41. The van der Waals surface area contributed by atoms with Gasteiger partial charge < -0.3 is 9.80 Å². The van der Waals surface area contributed by atoms with Gasteiger partial charge in [-0.25, -0.2) is 4.98 Å². The maximum Gasteiger partial charge on any atom is 0.227 e. The molecule has 1 amide bonds. The zero-order valence-corrected chi connectivity index (χ0v) is 17.0. The second-order valence-electron chi connectivity index (χ2n) is 8.03. The van der Waals surface area contributed by atoms with Crippen LogP contribution in [-0.2, 0) is 17.8 Å². The Hall–Kier alpha value is -2.40. The predicted molar refractivity (Wildman–Crippen MR) is 115 cm³/mol. The molecule has 0 spiro atoms. The van der Waals surface area contributed by atoms with E-state index in [9.17, 15) is 4.79 Å². The normalized spacial score (nSPS) is 19.7. The van der Waals surface area contributed by atoms with Crippen molar-refractivity contribution in [3.8, 4) is 0 Å². The van der Waals surface area contributed by atoms with Crippen molar-refractivity contribution in [2.45, 2.75) is 32.7 Å². The first-order chi connectivity index (χ1) is 13.7. The summed E-state index contributed by atoms with van der Waals surface area (Å²) in [5.74, 6) is 0.393. The lowest BCUT2D eigenvalue weighted by atomic mass is 9.94. The molecule has 0 aliphatic carbocycles. The minimum absolute atomic E-state index is 0.0766. The summed E-state index contributed by atoms with van der Waals surface area (Å²) < 4.78 is 1.23. The van der Waals surface area contributed by atoms with Gasteiger partial charge in [-0.2, -0.15) is 0 Å². The Balaban J connectivity index is 1.32. The van der Waals surface area contributed by atoms with Crippen molar-refractivity contribution in [1.82, 2.24) is 9.88 Å². The summed E-state index contributed by atoms with van der Waals surface area (Å²) in [7, 11) is 0. The number of piperidine rings is 1. The zero-order chi connectivity index (χ0) is 19.1. The van der Waals surface area contributed by atoms with Gasteiger partial charge in [0.25, 0.3) is 0 Å². The minimum Gasteiger partial charge on any atom is -0.347 e. The molecule has 144 valence electrons. The van der Waals surface area contributed by atoms with Crippen LogP contribution in [0.15, 0.2) is 42.5 Å². The molecule has 0 radical (unpaired) electrons. The lowest BCUT2D eigenvalue weighted by Crippen LogP contribution is -2.46. The quantitative estimate of drug-likeness (QED) is 0.649. The third kappa shape index (κ3) is 3.28. The van der Waals surface area contributed by atoms with Crippen molar-refractivity contribution in [3.63, 3.8) is 0 Å². The van der Waals surface area contributed by atoms with Gasteiger partial charge in [0.05, 0.1) is 16.1 Å². The van der Waals surface area contributed by atoms with Crippen molar-refractivity contribution in [1.29, 1.82) is 0 Å². The summed E-state index contributed by atoms with van der Waals surface area (Å²) >= 11 is 1.75. The largest absolute Gasteiger partial charge is 0.347 e. The van der Waals surface area contributed by atoms with E-state index in [1.165, 1.54) is 21.4 Å². The highest BCUT2D eigenvalue weighted by atomic mass is 32.1. The van der Waals surface area contributed by atoms with E-state index >= 15 is 0 Å². The molecule has 3 aromatic rings. The van der Waals surface area contributed by atoms with E-state index in [2.05, 4.69) is 59.2 Å². The number of aromatic nitrogens is 1. The van der Waals surface area contributed by atoms with E-state index in [-0.39, 0.29) is 5.92 Å². The lowest BCUT2D eigenvalue weighted by Gasteiger charge is -2.36. The molecule has 3 heterocycles. The Labute approximate surface area is 169 Å². The SMILES string of the molecule is Cc1ccc2nc(N3CCCC(C(=O)N4CCc5ccccc5C4)C3)sc2c1. The van der Waals surface area contributed by atoms with E-state index in [1.807, 2.05) is 0 Å². The Morgan fingerprint density at radius 3 is 2.89 bits per heavy atom. The van der Waals surface area contributed by atoms with Crippen LogP contribution in [0.3, 0.4) is 0 Å². The molecule has 1 unspecified atom stereocenters. The smallest absolute Gasteiger partial charge is 0.227 e. The maximum absolute atomic E-state index is 13.2. The third-order valence-electron chi connectivity index (χ3n) is 6.02. The number of thiazole rings is 1. The van der Waals surface area contributed by atoms with Crippen LogP contribution in [0.1, 0.15) is 29.5 Å². The molecule has 5 rings (SSSR count).